The molecule has 1 saturated carbocycles. The van der Waals surface area contributed by atoms with E-state index >= 15 is 0 Å². The first-order chi connectivity index (χ1) is 12.8. The van der Waals surface area contributed by atoms with Crippen LogP contribution in [-0.4, -0.2) is 56.4 Å². The van der Waals surface area contributed by atoms with Gasteiger partial charge in [0.2, 0.25) is 0 Å². The van der Waals surface area contributed by atoms with Gasteiger partial charge in [-0.25, -0.2) is 4.99 Å². The maximum atomic E-state index is 10.7. The minimum atomic E-state index is -1.14. The van der Waals surface area contributed by atoms with Gasteiger partial charge in [0.25, 0.3) is 0 Å². The number of aliphatic hydroxyl groups excluding tert-OH is 2. The van der Waals surface area contributed by atoms with Gasteiger partial charge in [0.05, 0.1) is 25.0 Å². The van der Waals surface area contributed by atoms with Crippen molar-refractivity contribution in [1.82, 2.24) is 0 Å². The average molecular weight is 375 g/mol. The lowest BCUT2D eigenvalue weighted by molar-refractivity contribution is -0.0798. The molecule has 144 valence electrons. The van der Waals surface area contributed by atoms with Crippen LogP contribution in [-0.2, 0) is 4.74 Å². The van der Waals surface area contributed by atoms with Crippen LogP contribution in [0, 0.1) is 6.92 Å². The Morgan fingerprint density at radius 3 is 1.93 bits per heavy atom. The highest BCUT2D eigenvalue weighted by Crippen LogP contribution is 2.55. The zero-order valence-corrected chi connectivity index (χ0v) is 14.7. The van der Waals surface area contributed by atoms with Gasteiger partial charge in [-0.05, 0) is 18.6 Å². The molecule has 0 saturated heterocycles. The van der Waals surface area contributed by atoms with Crippen molar-refractivity contribution in [3.63, 3.8) is 0 Å². The molecule has 0 heterocycles. The van der Waals surface area contributed by atoms with Crippen molar-refractivity contribution in [2.45, 2.75) is 31.0 Å². The van der Waals surface area contributed by atoms with Crippen LogP contribution in [0.2, 0.25) is 0 Å². The molecule has 0 aliphatic heterocycles. The molecule has 0 bridgehead atoms. The summed E-state index contributed by atoms with van der Waals surface area (Å²) in [5.41, 5.74) is 1.14. The first-order valence-electron chi connectivity index (χ1n) is 8.26. The maximum absolute atomic E-state index is 10.7. The third kappa shape index (κ3) is 3.13. The number of phenolic OH excluding ortho intramolecular Hbond substituents is 4. The number of phenols is 4. The van der Waals surface area contributed by atoms with E-state index in [0.29, 0.717) is 11.1 Å². The summed E-state index contributed by atoms with van der Waals surface area (Å²) in [7, 11) is 1.38. The van der Waals surface area contributed by atoms with Gasteiger partial charge in [0, 0.05) is 41.2 Å². The summed E-state index contributed by atoms with van der Waals surface area (Å²) < 4.78 is 4.76. The summed E-state index contributed by atoms with van der Waals surface area (Å²) in [6.07, 6.45) is -1.18. The Labute approximate surface area is 155 Å². The Hall–Kier alpha value is -2.97. The highest BCUT2D eigenvalue weighted by Gasteiger charge is 2.53. The second kappa shape index (κ2) is 6.98. The van der Waals surface area contributed by atoms with Crippen molar-refractivity contribution in [3.05, 3.63) is 41.0 Å². The standard InChI is InChI=1S/C19H21NO7/c1-8-3-9(21)5-12(23)14(8)16-18(25)17(19(16)26)15-11(20-7-27-2)4-10(22)6-13(15)24/h3-7,16-19,21-26H,1-2H3. The zero-order chi connectivity index (χ0) is 19.9. The summed E-state index contributed by atoms with van der Waals surface area (Å²) in [6, 6.07) is 4.94. The van der Waals surface area contributed by atoms with Crippen LogP contribution in [0.5, 0.6) is 23.0 Å². The smallest absolute Gasteiger partial charge is 0.174 e. The van der Waals surface area contributed by atoms with Crippen molar-refractivity contribution in [1.29, 1.82) is 0 Å². The molecule has 2 aromatic carbocycles. The molecule has 8 heteroatoms. The Kier molecular flexibility index (Phi) is 4.86. The van der Waals surface area contributed by atoms with E-state index in [4.69, 9.17) is 4.74 Å². The van der Waals surface area contributed by atoms with Crippen LogP contribution in [0.25, 0.3) is 0 Å². The summed E-state index contributed by atoms with van der Waals surface area (Å²) in [4.78, 5) is 3.99. The van der Waals surface area contributed by atoms with Gasteiger partial charge in [-0.1, -0.05) is 0 Å². The van der Waals surface area contributed by atoms with Crippen molar-refractivity contribution in [3.8, 4) is 23.0 Å². The van der Waals surface area contributed by atoms with Crippen molar-refractivity contribution in [2.24, 2.45) is 4.99 Å². The number of aromatic hydroxyl groups is 4. The molecule has 2 unspecified atom stereocenters. The third-order valence-corrected chi connectivity index (χ3v) is 4.91. The minimum absolute atomic E-state index is 0.124. The van der Waals surface area contributed by atoms with Crippen LogP contribution in [0.1, 0.15) is 28.5 Å². The number of aliphatic hydroxyl groups is 2. The second-order valence-electron chi connectivity index (χ2n) is 6.60. The van der Waals surface area contributed by atoms with Crippen molar-refractivity contribution >= 4 is 12.1 Å². The van der Waals surface area contributed by atoms with E-state index in [1.165, 1.54) is 19.2 Å². The molecule has 8 nitrogen and oxygen atoms in total. The lowest BCUT2D eigenvalue weighted by Crippen LogP contribution is -2.52. The SMILES string of the molecule is COC=Nc1cc(O)cc(O)c1C1C(O)C(c2c(C)cc(O)cc2O)C1O. The number of benzene rings is 2. The first-order valence-corrected chi connectivity index (χ1v) is 8.26. The molecule has 3 rings (SSSR count). The van der Waals surface area contributed by atoms with Gasteiger partial charge < -0.3 is 35.4 Å². The van der Waals surface area contributed by atoms with E-state index in [1.807, 2.05) is 0 Å². The summed E-state index contributed by atoms with van der Waals surface area (Å²) in [5, 5.41) is 61.1. The van der Waals surface area contributed by atoms with Gasteiger partial charge in [-0.2, -0.15) is 0 Å². The molecule has 6 N–H and O–H groups in total. The minimum Gasteiger partial charge on any atom is -0.508 e. The van der Waals surface area contributed by atoms with Crippen molar-refractivity contribution in [2.75, 3.05) is 7.11 Å². The molecule has 2 atom stereocenters. The summed E-state index contributed by atoms with van der Waals surface area (Å²) >= 11 is 0. The third-order valence-electron chi connectivity index (χ3n) is 4.91. The summed E-state index contributed by atoms with van der Waals surface area (Å²) in [6.45, 7) is 1.65. The maximum Gasteiger partial charge on any atom is 0.174 e. The van der Waals surface area contributed by atoms with E-state index in [9.17, 15) is 30.6 Å². The lowest BCUT2D eigenvalue weighted by Gasteiger charge is -2.47. The molecular formula is C19H21NO7. The molecular weight excluding hydrogens is 354 g/mol. The number of hydrogen-bond donors (Lipinski definition) is 6. The molecule has 1 aliphatic rings. The fourth-order valence-corrected chi connectivity index (χ4v) is 3.75. The van der Waals surface area contributed by atoms with Gasteiger partial charge >= 0.3 is 0 Å². The number of hydrogen-bond acceptors (Lipinski definition) is 8. The van der Waals surface area contributed by atoms with E-state index in [1.54, 1.807) is 6.92 Å². The highest BCUT2D eigenvalue weighted by molar-refractivity contribution is 5.66. The average Bonchev–Trinajstić information content (AvgIpc) is 2.58. The highest BCUT2D eigenvalue weighted by atomic mass is 16.5. The van der Waals surface area contributed by atoms with Crippen LogP contribution in [0.3, 0.4) is 0 Å². The molecule has 1 aliphatic carbocycles. The number of aliphatic imine (C=N–C) groups is 1. The first kappa shape index (κ1) is 18.8. The van der Waals surface area contributed by atoms with Gasteiger partial charge in [0.1, 0.15) is 23.0 Å². The number of rotatable bonds is 4. The fourth-order valence-electron chi connectivity index (χ4n) is 3.75. The molecule has 0 amide bonds. The predicted octanol–water partition coefficient (Wildman–Crippen LogP) is 1.73. The molecule has 27 heavy (non-hydrogen) atoms. The normalized spacial score (nSPS) is 24.7. The Balaban J connectivity index is 2.02. The van der Waals surface area contributed by atoms with Gasteiger partial charge in [-0.3, -0.25) is 0 Å². The van der Waals surface area contributed by atoms with Crippen LogP contribution in [0.4, 0.5) is 5.69 Å². The lowest BCUT2D eigenvalue weighted by atomic mass is 9.62. The number of aryl methyl sites for hydroxylation is 1. The monoisotopic (exact) mass is 375 g/mol. The Morgan fingerprint density at radius 2 is 1.37 bits per heavy atom. The van der Waals surface area contributed by atoms with Gasteiger partial charge in [0.15, 0.2) is 6.40 Å². The van der Waals surface area contributed by atoms with E-state index in [-0.39, 0.29) is 34.2 Å². The molecule has 0 aromatic heterocycles. The molecule has 2 aromatic rings. The summed E-state index contributed by atoms with van der Waals surface area (Å²) in [5.74, 6) is -2.63. The molecule has 1 fully saturated rings. The van der Waals surface area contributed by atoms with E-state index in [2.05, 4.69) is 4.99 Å². The van der Waals surface area contributed by atoms with E-state index in [0.717, 1.165) is 18.5 Å². The van der Waals surface area contributed by atoms with Crippen molar-refractivity contribution < 1.29 is 35.4 Å². The predicted molar refractivity (Wildman–Crippen MR) is 96.9 cm³/mol. The quantitative estimate of drug-likeness (QED) is 0.353. The largest absolute Gasteiger partial charge is 0.508 e. The topological polar surface area (TPSA) is 143 Å². The van der Waals surface area contributed by atoms with Crippen LogP contribution >= 0.6 is 0 Å². The Morgan fingerprint density at radius 1 is 0.852 bits per heavy atom. The number of ether oxygens (including phenoxy) is 1. The number of methoxy groups -OCH3 is 1. The molecule has 0 spiro atoms. The zero-order valence-electron chi connectivity index (χ0n) is 14.7. The van der Waals surface area contributed by atoms with Gasteiger partial charge in [-0.15, -0.1) is 0 Å². The van der Waals surface area contributed by atoms with Crippen LogP contribution < -0.4 is 0 Å². The Bertz CT molecular complexity index is 863. The molecule has 0 radical (unpaired) electrons. The van der Waals surface area contributed by atoms with Crippen LogP contribution in [0.15, 0.2) is 29.3 Å². The fraction of sp³-hybridized carbons (Fsp3) is 0.316. The van der Waals surface area contributed by atoms with E-state index < -0.39 is 24.0 Å². The second-order valence-corrected chi connectivity index (χ2v) is 6.60. The number of nitrogens with zero attached hydrogens (tertiary/aromatic N) is 1.